The molecule has 0 bridgehead atoms. The molecule has 1 fully saturated rings. The molecule has 0 saturated heterocycles. The van der Waals surface area contributed by atoms with E-state index in [2.05, 4.69) is 40.0 Å². The van der Waals surface area contributed by atoms with E-state index < -0.39 is 0 Å². The van der Waals surface area contributed by atoms with E-state index in [1.54, 1.807) is 0 Å². The van der Waals surface area contributed by atoms with E-state index in [-0.39, 0.29) is 6.10 Å². The number of fused-ring (bicyclic) bond motifs is 5. The highest BCUT2D eigenvalue weighted by atomic mass is 16.5. The molecule has 1 atom stereocenters. The lowest BCUT2D eigenvalue weighted by atomic mass is 9.85. The summed E-state index contributed by atoms with van der Waals surface area (Å²) in [5.74, 6) is 1.32. The first-order valence-corrected chi connectivity index (χ1v) is 10.6. The van der Waals surface area contributed by atoms with Crippen LogP contribution in [0.15, 0.2) is 35.7 Å². The van der Waals surface area contributed by atoms with Crippen LogP contribution in [0.3, 0.4) is 0 Å². The number of ether oxygens (including phenoxy) is 1. The Morgan fingerprint density at radius 2 is 2.00 bits per heavy atom. The Kier molecular flexibility index (Phi) is 3.82. The quantitative estimate of drug-likeness (QED) is 0.528. The van der Waals surface area contributed by atoms with Crippen molar-refractivity contribution in [3.8, 4) is 11.4 Å². The van der Waals surface area contributed by atoms with Gasteiger partial charge < -0.3 is 4.74 Å². The summed E-state index contributed by atoms with van der Waals surface area (Å²) in [6, 6.07) is 6.39. The van der Waals surface area contributed by atoms with Crippen LogP contribution in [-0.2, 0) is 11.2 Å². The molecule has 0 spiro atoms. The van der Waals surface area contributed by atoms with E-state index in [0.717, 1.165) is 35.0 Å². The zero-order valence-electron chi connectivity index (χ0n) is 16.6. The number of hydrogen-bond donors (Lipinski definition) is 0. The van der Waals surface area contributed by atoms with E-state index >= 15 is 0 Å². The van der Waals surface area contributed by atoms with Crippen molar-refractivity contribution < 1.29 is 4.74 Å². The second-order valence-corrected chi connectivity index (χ2v) is 8.42. The Labute approximate surface area is 169 Å². The van der Waals surface area contributed by atoms with Crippen molar-refractivity contribution in [2.24, 2.45) is 10.9 Å². The molecule has 0 radical (unpaired) electrons. The molecule has 1 saturated carbocycles. The molecule has 3 aliphatic rings. The fourth-order valence-corrected chi connectivity index (χ4v) is 4.96. The number of benzene rings is 1. The molecule has 4 heterocycles. The number of aryl methyl sites for hydroxylation is 1. The summed E-state index contributed by atoms with van der Waals surface area (Å²) in [4.78, 5) is 9.50. The van der Waals surface area contributed by atoms with Gasteiger partial charge in [0.2, 0.25) is 5.90 Å². The molecule has 1 unspecified atom stereocenters. The molecule has 7 heteroatoms. The highest BCUT2D eigenvalue weighted by Gasteiger charge is 2.33. The van der Waals surface area contributed by atoms with Gasteiger partial charge in [-0.3, -0.25) is 4.57 Å². The normalized spacial score (nSPS) is 21.0. The summed E-state index contributed by atoms with van der Waals surface area (Å²) in [6.45, 7) is 2.84. The summed E-state index contributed by atoms with van der Waals surface area (Å²) in [5, 5.41) is 8.49. The molecule has 29 heavy (non-hydrogen) atoms. The predicted molar refractivity (Wildman–Crippen MR) is 109 cm³/mol. The van der Waals surface area contributed by atoms with Crippen LogP contribution in [0.5, 0.6) is 0 Å². The number of rotatable bonds is 2. The lowest BCUT2D eigenvalue weighted by Gasteiger charge is -2.26. The van der Waals surface area contributed by atoms with Crippen LogP contribution in [0, 0.1) is 12.8 Å². The molecule has 2 aliphatic heterocycles. The van der Waals surface area contributed by atoms with Gasteiger partial charge in [0.05, 0.1) is 35.5 Å². The van der Waals surface area contributed by atoms with Gasteiger partial charge in [0.15, 0.2) is 0 Å². The molecular formula is C22H24N6O. The summed E-state index contributed by atoms with van der Waals surface area (Å²) in [5.41, 5.74) is 6.24. The second kappa shape index (κ2) is 6.54. The Balaban J connectivity index is 1.39. The van der Waals surface area contributed by atoms with Crippen molar-refractivity contribution in [1.82, 2.24) is 24.5 Å². The molecule has 1 aromatic carbocycles. The fraction of sp³-hybridized carbons (Fsp3) is 0.455. The molecule has 2 aromatic heterocycles. The van der Waals surface area contributed by atoms with Crippen molar-refractivity contribution in [2.75, 3.05) is 6.54 Å². The fourth-order valence-electron chi connectivity index (χ4n) is 4.96. The van der Waals surface area contributed by atoms with E-state index in [1.165, 1.54) is 37.7 Å². The minimum Gasteiger partial charge on any atom is -0.471 e. The van der Waals surface area contributed by atoms with Crippen molar-refractivity contribution in [3.63, 3.8) is 0 Å². The average molecular weight is 388 g/mol. The second-order valence-electron chi connectivity index (χ2n) is 8.42. The SMILES string of the molecule is Cc1ccc2c(c1)-n1nncc1Cc1c(C3=NCC(C4CCCCC4)O3)ncn1-2. The van der Waals surface area contributed by atoms with Gasteiger partial charge in [-0.1, -0.05) is 30.5 Å². The van der Waals surface area contributed by atoms with Crippen molar-refractivity contribution in [3.05, 3.63) is 53.4 Å². The van der Waals surface area contributed by atoms with Crippen LogP contribution in [0.25, 0.3) is 11.4 Å². The third-order valence-electron chi connectivity index (χ3n) is 6.51. The number of imidazole rings is 1. The monoisotopic (exact) mass is 388 g/mol. The van der Waals surface area contributed by atoms with Gasteiger partial charge in [0, 0.05) is 6.42 Å². The molecule has 0 N–H and O–H groups in total. The van der Waals surface area contributed by atoms with E-state index in [0.29, 0.717) is 18.2 Å². The van der Waals surface area contributed by atoms with E-state index in [1.807, 2.05) is 17.2 Å². The first-order chi connectivity index (χ1) is 14.3. The number of aliphatic imine (C=N–C) groups is 1. The molecule has 148 valence electrons. The Bertz CT molecular complexity index is 1100. The first kappa shape index (κ1) is 16.9. The van der Waals surface area contributed by atoms with Crippen molar-refractivity contribution >= 4 is 5.90 Å². The topological polar surface area (TPSA) is 70.1 Å². The van der Waals surface area contributed by atoms with Crippen LogP contribution in [-0.4, -0.2) is 43.1 Å². The number of hydrogen-bond acceptors (Lipinski definition) is 5. The van der Waals surface area contributed by atoms with Crippen LogP contribution in [0.2, 0.25) is 0 Å². The van der Waals surface area contributed by atoms with Gasteiger partial charge >= 0.3 is 0 Å². The van der Waals surface area contributed by atoms with Crippen LogP contribution in [0.4, 0.5) is 0 Å². The zero-order valence-corrected chi connectivity index (χ0v) is 16.6. The van der Waals surface area contributed by atoms with Crippen LogP contribution < -0.4 is 0 Å². The zero-order chi connectivity index (χ0) is 19.4. The smallest absolute Gasteiger partial charge is 0.237 e. The van der Waals surface area contributed by atoms with Crippen molar-refractivity contribution in [1.29, 1.82) is 0 Å². The maximum absolute atomic E-state index is 6.36. The largest absolute Gasteiger partial charge is 0.471 e. The van der Waals surface area contributed by atoms with Crippen LogP contribution in [0.1, 0.15) is 54.7 Å². The standard InChI is InChI=1S/C22H24N6O/c1-14-7-8-17-18(9-14)28-16(11-25-26-28)10-19-21(24-13-27(17)19)22-23-12-20(29-22)15-5-3-2-4-6-15/h7-9,11,13,15,20H,2-6,10,12H2,1H3. The highest BCUT2D eigenvalue weighted by molar-refractivity contribution is 5.94. The van der Waals surface area contributed by atoms with E-state index in [9.17, 15) is 0 Å². The van der Waals surface area contributed by atoms with E-state index in [4.69, 9.17) is 14.7 Å². The third-order valence-corrected chi connectivity index (χ3v) is 6.51. The number of aromatic nitrogens is 5. The Hall–Kier alpha value is -2.96. The van der Waals surface area contributed by atoms with Crippen LogP contribution >= 0.6 is 0 Å². The van der Waals surface area contributed by atoms with Gasteiger partial charge in [-0.15, -0.1) is 5.10 Å². The minimum atomic E-state index is 0.204. The predicted octanol–water partition coefficient (Wildman–Crippen LogP) is 3.39. The molecule has 7 nitrogen and oxygen atoms in total. The molecule has 6 rings (SSSR count). The molecule has 1 aliphatic carbocycles. The van der Waals surface area contributed by atoms with Gasteiger partial charge in [0.25, 0.3) is 0 Å². The Morgan fingerprint density at radius 3 is 2.90 bits per heavy atom. The molecular weight excluding hydrogens is 364 g/mol. The summed E-state index contributed by atoms with van der Waals surface area (Å²) >= 11 is 0. The van der Waals surface area contributed by atoms with Gasteiger partial charge in [-0.25, -0.2) is 14.7 Å². The van der Waals surface area contributed by atoms with Gasteiger partial charge in [-0.05, 0) is 43.4 Å². The lowest BCUT2D eigenvalue weighted by Crippen LogP contribution is -2.26. The summed E-state index contributed by atoms with van der Waals surface area (Å²) in [7, 11) is 0. The maximum Gasteiger partial charge on any atom is 0.237 e. The minimum absolute atomic E-state index is 0.204. The summed E-state index contributed by atoms with van der Waals surface area (Å²) in [6.07, 6.45) is 11.1. The molecule has 3 aromatic rings. The Morgan fingerprint density at radius 1 is 1.10 bits per heavy atom. The lowest BCUT2D eigenvalue weighted by molar-refractivity contribution is 0.123. The van der Waals surface area contributed by atoms with Crippen molar-refractivity contribution in [2.45, 2.75) is 51.6 Å². The third kappa shape index (κ3) is 2.71. The van der Waals surface area contributed by atoms with Gasteiger partial charge in [-0.2, -0.15) is 0 Å². The highest BCUT2D eigenvalue weighted by Crippen LogP contribution is 2.33. The molecule has 0 amide bonds. The summed E-state index contributed by atoms with van der Waals surface area (Å²) < 4.78 is 10.4. The average Bonchev–Trinajstić information content (AvgIpc) is 3.48. The van der Waals surface area contributed by atoms with Gasteiger partial charge in [0.1, 0.15) is 18.1 Å². The number of nitrogens with zero attached hydrogens (tertiary/aromatic N) is 6. The first-order valence-electron chi connectivity index (χ1n) is 10.6. The maximum atomic E-state index is 6.36.